The molecule has 0 aliphatic rings. The lowest BCUT2D eigenvalue weighted by Crippen LogP contribution is -2.55. The average Bonchev–Trinajstić information content (AvgIpc) is 2.71. The number of halogens is 3. The summed E-state index contributed by atoms with van der Waals surface area (Å²) in [5, 5.41) is 3.85. The summed E-state index contributed by atoms with van der Waals surface area (Å²) in [4.78, 5) is 28.2. The lowest BCUT2D eigenvalue weighted by molar-refractivity contribution is -0.141. The molecule has 1 N–H and O–H groups in total. The first kappa shape index (κ1) is 29.2. The van der Waals surface area contributed by atoms with Crippen molar-refractivity contribution in [2.24, 2.45) is 0 Å². The van der Waals surface area contributed by atoms with Crippen molar-refractivity contribution in [1.29, 1.82) is 0 Å². The molecule has 0 spiro atoms. The predicted octanol–water partition coefficient (Wildman–Crippen LogP) is 5.13. The zero-order valence-electron chi connectivity index (χ0n) is 20.3. The molecule has 0 unspecified atom stereocenters. The van der Waals surface area contributed by atoms with Gasteiger partial charge in [0.25, 0.3) is 0 Å². The van der Waals surface area contributed by atoms with Crippen LogP contribution < -0.4 is 9.62 Å². The maximum atomic E-state index is 13.6. The van der Waals surface area contributed by atoms with Gasteiger partial charge < -0.3 is 10.2 Å². The van der Waals surface area contributed by atoms with Crippen LogP contribution in [0.1, 0.15) is 39.7 Å². The van der Waals surface area contributed by atoms with Crippen LogP contribution in [0.15, 0.2) is 42.5 Å². The largest absolute Gasteiger partial charge is 0.350 e. The van der Waals surface area contributed by atoms with Crippen LogP contribution in [-0.4, -0.2) is 49.5 Å². The van der Waals surface area contributed by atoms with Gasteiger partial charge >= 0.3 is 0 Å². The first-order valence-electron chi connectivity index (χ1n) is 10.9. The fourth-order valence-electron chi connectivity index (χ4n) is 3.44. The molecule has 0 heterocycles. The topological polar surface area (TPSA) is 86.8 Å². The Morgan fingerprint density at radius 3 is 2.06 bits per heavy atom. The highest BCUT2D eigenvalue weighted by molar-refractivity contribution is 7.92. The van der Waals surface area contributed by atoms with Crippen LogP contribution in [0, 0.1) is 0 Å². The number of anilines is 1. The van der Waals surface area contributed by atoms with Gasteiger partial charge in [0.2, 0.25) is 21.8 Å². The third-order valence-corrected chi connectivity index (χ3v) is 6.92. The van der Waals surface area contributed by atoms with E-state index in [1.54, 1.807) is 31.2 Å². The quantitative estimate of drug-likeness (QED) is 0.459. The molecule has 0 bridgehead atoms. The molecule has 0 aromatic heterocycles. The molecule has 0 radical (unpaired) electrons. The molecule has 1 atom stereocenters. The summed E-state index contributed by atoms with van der Waals surface area (Å²) in [6.45, 7) is 6.86. The normalized spacial score (nSPS) is 12.7. The van der Waals surface area contributed by atoms with Gasteiger partial charge in [0.1, 0.15) is 12.6 Å². The number of amides is 2. The number of carbonyl (C=O) groups is 2. The Morgan fingerprint density at radius 2 is 1.57 bits per heavy atom. The molecule has 0 saturated heterocycles. The molecule has 0 fully saturated rings. The van der Waals surface area contributed by atoms with Crippen molar-refractivity contribution in [3.63, 3.8) is 0 Å². The molecular weight excluding hydrogens is 533 g/mol. The van der Waals surface area contributed by atoms with E-state index in [1.165, 1.54) is 23.1 Å². The van der Waals surface area contributed by atoms with Crippen LogP contribution in [0.5, 0.6) is 0 Å². The van der Waals surface area contributed by atoms with Gasteiger partial charge in [0.15, 0.2) is 0 Å². The number of hydrogen-bond donors (Lipinski definition) is 1. The average molecular weight is 563 g/mol. The minimum Gasteiger partial charge on any atom is -0.350 e. The monoisotopic (exact) mass is 561 g/mol. The first-order chi connectivity index (χ1) is 16.1. The number of nitrogens with zero attached hydrogens (tertiary/aromatic N) is 2. The Labute approximate surface area is 222 Å². The highest BCUT2D eigenvalue weighted by Gasteiger charge is 2.33. The van der Waals surface area contributed by atoms with E-state index in [0.717, 1.165) is 16.1 Å². The van der Waals surface area contributed by atoms with Crippen LogP contribution in [0.3, 0.4) is 0 Å². The summed E-state index contributed by atoms with van der Waals surface area (Å²) in [5.74, 6) is -0.898. The van der Waals surface area contributed by atoms with Crippen molar-refractivity contribution in [1.82, 2.24) is 10.2 Å². The van der Waals surface area contributed by atoms with E-state index in [0.29, 0.717) is 16.5 Å². The highest BCUT2D eigenvalue weighted by atomic mass is 35.5. The Kier molecular flexibility index (Phi) is 9.87. The second kappa shape index (κ2) is 11.8. The molecule has 7 nitrogen and oxygen atoms in total. The molecule has 0 aliphatic heterocycles. The van der Waals surface area contributed by atoms with Crippen LogP contribution in [-0.2, 0) is 26.2 Å². The van der Waals surface area contributed by atoms with E-state index in [1.807, 2.05) is 20.8 Å². The fourth-order valence-corrected chi connectivity index (χ4v) is 4.99. The standard InChI is InChI=1S/C24H30Cl3N3O4S/c1-6-20(23(32)28-24(2,3)4)29(14-16-7-9-17(25)10-8-16)22(31)15-30(35(5,33)34)21-12-11-18(26)13-19(21)27/h7-13,20H,6,14-15H2,1-5H3,(H,28,32)/t20-/m0/s1. The van der Waals surface area contributed by atoms with E-state index in [4.69, 9.17) is 34.8 Å². The fraction of sp³-hybridized carbons (Fsp3) is 0.417. The third-order valence-electron chi connectivity index (χ3n) is 5.01. The van der Waals surface area contributed by atoms with E-state index >= 15 is 0 Å². The number of nitrogens with one attached hydrogen (secondary N) is 1. The molecule has 2 rings (SSSR count). The van der Waals surface area contributed by atoms with Gasteiger partial charge in [-0.1, -0.05) is 53.9 Å². The molecule has 192 valence electrons. The molecule has 2 aromatic rings. The molecule has 0 aliphatic carbocycles. The van der Waals surface area contributed by atoms with E-state index in [-0.39, 0.29) is 23.2 Å². The lowest BCUT2D eigenvalue weighted by Gasteiger charge is -2.34. The number of sulfonamides is 1. The first-order valence-corrected chi connectivity index (χ1v) is 13.9. The predicted molar refractivity (Wildman–Crippen MR) is 143 cm³/mol. The number of rotatable bonds is 9. The molecule has 2 amide bonds. The second-order valence-electron chi connectivity index (χ2n) is 9.18. The van der Waals surface area contributed by atoms with Gasteiger partial charge in [-0.15, -0.1) is 0 Å². The van der Waals surface area contributed by atoms with E-state index in [9.17, 15) is 18.0 Å². The second-order valence-corrected chi connectivity index (χ2v) is 12.4. The van der Waals surface area contributed by atoms with Crippen LogP contribution in [0.25, 0.3) is 0 Å². The van der Waals surface area contributed by atoms with Gasteiger partial charge in [0, 0.05) is 22.1 Å². The van der Waals surface area contributed by atoms with Gasteiger partial charge in [0.05, 0.1) is 17.0 Å². The molecule has 2 aromatic carbocycles. The summed E-state index contributed by atoms with van der Waals surface area (Å²) in [5.41, 5.74) is 0.334. The highest BCUT2D eigenvalue weighted by Crippen LogP contribution is 2.30. The summed E-state index contributed by atoms with van der Waals surface area (Å²) >= 11 is 18.2. The van der Waals surface area contributed by atoms with Crippen molar-refractivity contribution in [2.45, 2.75) is 52.2 Å². The minimum absolute atomic E-state index is 0.0810. The molecule has 11 heteroatoms. The van der Waals surface area contributed by atoms with Crippen LogP contribution in [0.4, 0.5) is 5.69 Å². The smallest absolute Gasteiger partial charge is 0.244 e. The van der Waals surface area contributed by atoms with Gasteiger partial charge in [-0.05, 0) is 63.1 Å². The minimum atomic E-state index is -3.90. The van der Waals surface area contributed by atoms with Crippen LogP contribution in [0.2, 0.25) is 15.1 Å². The molecule has 35 heavy (non-hydrogen) atoms. The van der Waals surface area contributed by atoms with Gasteiger partial charge in [-0.25, -0.2) is 8.42 Å². The summed E-state index contributed by atoms with van der Waals surface area (Å²) in [6.07, 6.45) is 1.31. The molecule has 0 saturated carbocycles. The van der Waals surface area contributed by atoms with Crippen molar-refractivity contribution in [3.8, 4) is 0 Å². The van der Waals surface area contributed by atoms with Gasteiger partial charge in [-0.3, -0.25) is 13.9 Å². The zero-order valence-corrected chi connectivity index (χ0v) is 23.4. The SMILES string of the molecule is CC[C@@H](C(=O)NC(C)(C)C)N(Cc1ccc(Cl)cc1)C(=O)CN(c1ccc(Cl)cc1Cl)S(C)(=O)=O. The summed E-state index contributed by atoms with van der Waals surface area (Å²) < 4.78 is 26.2. The third kappa shape index (κ3) is 8.56. The van der Waals surface area contributed by atoms with Crippen molar-refractivity contribution < 1.29 is 18.0 Å². The van der Waals surface area contributed by atoms with E-state index < -0.39 is 34.1 Å². The number of benzene rings is 2. The summed E-state index contributed by atoms with van der Waals surface area (Å²) in [7, 11) is -3.90. The number of hydrogen-bond acceptors (Lipinski definition) is 4. The zero-order chi connectivity index (χ0) is 26.6. The maximum absolute atomic E-state index is 13.6. The maximum Gasteiger partial charge on any atom is 0.244 e. The Morgan fingerprint density at radius 1 is 1.00 bits per heavy atom. The summed E-state index contributed by atoms with van der Waals surface area (Å²) in [6, 6.07) is 10.4. The van der Waals surface area contributed by atoms with Gasteiger partial charge in [-0.2, -0.15) is 0 Å². The lowest BCUT2D eigenvalue weighted by atomic mass is 10.1. The Hall–Kier alpha value is -2.00. The van der Waals surface area contributed by atoms with E-state index in [2.05, 4.69) is 5.32 Å². The van der Waals surface area contributed by atoms with Crippen molar-refractivity contribution >= 4 is 62.3 Å². The number of carbonyl (C=O) groups excluding carboxylic acids is 2. The Balaban J connectivity index is 2.48. The van der Waals surface area contributed by atoms with Crippen molar-refractivity contribution in [3.05, 3.63) is 63.1 Å². The molecular formula is C24H30Cl3N3O4S. The Bertz CT molecular complexity index is 1170. The van der Waals surface area contributed by atoms with Crippen LogP contribution >= 0.6 is 34.8 Å². The van der Waals surface area contributed by atoms with Crippen molar-refractivity contribution in [2.75, 3.05) is 17.1 Å².